The molecular weight excluding hydrogens is 630 g/mol. The molecule has 0 aliphatic rings. The molecule has 0 unspecified atom stereocenters. The molecule has 3 N–H and O–H groups in total. The van der Waals surface area contributed by atoms with Crippen molar-refractivity contribution in [1.82, 2.24) is 29.9 Å². The third kappa shape index (κ3) is 5.44. The van der Waals surface area contributed by atoms with Gasteiger partial charge in [-0.05, 0) is 60.7 Å². The maximum absolute atomic E-state index is 11.9. The first kappa shape index (κ1) is 28.9. The molecule has 0 atom stereocenters. The van der Waals surface area contributed by atoms with Crippen LogP contribution in [0.1, 0.15) is 0 Å². The predicted molar refractivity (Wildman–Crippen MR) is 185 cm³/mol. The Labute approximate surface area is 274 Å². The SMILES string of the molecule is O=c1[nH]ccc2oc(-c3cccc4ccc(Cl)nc34)nc12.O=c1[nH]ccc2oc(-c3cccc4ccc(Nc5ccccc5)nc34)nc12. The number of nitrogens with one attached hydrogen (secondary N) is 3. The second-order valence-corrected chi connectivity index (χ2v) is 11.0. The van der Waals surface area contributed by atoms with Gasteiger partial charge in [0.05, 0.1) is 22.2 Å². The van der Waals surface area contributed by atoms with E-state index in [9.17, 15) is 9.59 Å². The van der Waals surface area contributed by atoms with Gasteiger partial charge in [0.25, 0.3) is 11.1 Å². The van der Waals surface area contributed by atoms with Crippen LogP contribution < -0.4 is 16.4 Å². The van der Waals surface area contributed by atoms with Crippen LogP contribution in [-0.4, -0.2) is 29.9 Å². The van der Waals surface area contributed by atoms with Crippen molar-refractivity contribution in [3.05, 3.63) is 141 Å². The average molecular weight is 652 g/mol. The lowest BCUT2D eigenvalue weighted by Crippen LogP contribution is -2.03. The number of oxazole rings is 2. The third-order valence-electron chi connectivity index (χ3n) is 7.55. The van der Waals surface area contributed by atoms with Crippen LogP contribution in [0.25, 0.3) is 66.9 Å². The number of para-hydroxylation sites is 3. The molecule has 0 saturated heterocycles. The van der Waals surface area contributed by atoms with E-state index in [0.29, 0.717) is 39.2 Å². The number of rotatable bonds is 4. The summed E-state index contributed by atoms with van der Waals surface area (Å²) in [6.45, 7) is 0. The van der Waals surface area contributed by atoms with Crippen LogP contribution in [0.15, 0.2) is 134 Å². The zero-order valence-electron chi connectivity index (χ0n) is 24.8. The van der Waals surface area contributed by atoms with E-state index in [2.05, 4.69) is 30.2 Å². The molecule has 9 aromatic rings. The van der Waals surface area contributed by atoms with E-state index in [4.69, 9.17) is 25.4 Å². The third-order valence-corrected chi connectivity index (χ3v) is 7.76. The zero-order chi connectivity index (χ0) is 32.6. The summed E-state index contributed by atoms with van der Waals surface area (Å²) in [6.07, 6.45) is 3.07. The molecule has 232 valence electrons. The largest absolute Gasteiger partial charge is 0.436 e. The molecule has 0 bridgehead atoms. The Morgan fingerprint density at radius 2 is 1.10 bits per heavy atom. The van der Waals surface area contributed by atoms with Crippen LogP contribution in [-0.2, 0) is 0 Å². The van der Waals surface area contributed by atoms with Gasteiger partial charge in [-0.25, -0.2) is 19.9 Å². The minimum atomic E-state index is -0.284. The molecule has 48 heavy (non-hydrogen) atoms. The molecule has 0 spiro atoms. The highest BCUT2D eigenvalue weighted by Crippen LogP contribution is 2.31. The minimum Gasteiger partial charge on any atom is -0.436 e. The van der Waals surface area contributed by atoms with E-state index < -0.39 is 0 Å². The van der Waals surface area contributed by atoms with Crippen molar-refractivity contribution >= 4 is 67.1 Å². The van der Waals surface area contributed by atoms with Crippen molar-refractivity contribution in [2.45, 2.75) is 0 Å². The molecule has 3 aromatic carbocycles. The first-order chi connectivity index (χ1) is 23.5. The number of benzene rings is 3. The van der Waals surface area contributed by atoms with Crippen LogP contribution in [0.5, 0.6) is 0 Å². The van der Waals surface area contributed by atoms with Gasteiger partial charge in [-0.3, -0.25) is 9.59 Å². The number of aromatic nitrogens is 6. The number of nitrogens with zero attached hydrogens (tertiary/aromatic N) is 4. The Kier molecular flexibility index (Phi) is 7.20. The van der Waals surface area contributed by atoms with Gasteiger partial charge in [0.1, 0.15) is 11.0 Å². The first-order valence-corrected chi connectivity index (χ1v) is 15.1. The Morgan fingerprint density at radius 1 is 0.542 bits per heavy atom. The lowest BCUT2D eigenvalue weighted by atomic mass is 10.1. The summed E-state index contributed by atoms with van der Waals surface area (Å²) in [7, 11) is 0. The first-order valence-electron chi connectivity index (χ1n) is 14.7. The maximum atomic E-state index is 11.9. The van der Waals surface area contributed by atoms with Crippen LogP contribution in [0.3, 0.4) is 0 Å². The van der Waals surface area contributed by atoms with E-state index in [1.807, 2.05) is 84.9 Å². The van der Waals surface area contributed by atoms with E-state index in [1.165, 1.54) is 6.20 Å². The highest BCUT2D eigenvalue weighted by molar-refractivity contribution is 6.29. The monoisotopic (exact) mass is 651 g/mol. The standard InChI is InChI=1S/C21H14N4O2.C15H8ClN3O2/c26-20-19-16(11-12-22-20)27-21(25-19)15-8-4-5-13-9-10-17(24-18(13)15)23-14-6-2-1-3-7-14;16-11-5-4-8-2-1-3-9(12(8)18-11)15-19-13-10(21-15)6-7-17-14(13)20/h1-12H,(H,22,26)(H,23,24);1-7H,(H,17,20). The van der Waals surface area contributed by atoms with Crippen molar-refractivity contribution in [2.75, 3.05) is 5.32 Å². The molecule has 0 aliphatic carbocycles. The van der Waals surface area contributed by atoms with Gasteiger partial charge in [0.2, 0.25) is 11.8 Å². The highest BCUT2D eigenvalue weighted by atomic mass is 35.5. The summed E-state index contributed by atoms with van der Waals surface area (Å²) in [5.41, 5.74) is 4.71. The summed E-state index contributed by atoms with van der Waals surface area (Å²) in [6, 6.07) is 32.2. The molecule has 0 radical (unpaired) electrons. The van der Waals surface area contributed by atoms with Crippen molar-refractivity contribution in [3.8, 4) is 22.9 Å². The Morgan fingerprint density at radius 3 is 1.69 bits per heavy atom. The summed E-state index contributed by atoms with van der Waals surface area (Å²) >= 11 is 5.96. The second kappa shape index (κ2) is 12.0. The lowest BCUT2D eigenvalue weighted by molar-refractivity contribution is 0.619. The van der Waals surface area contributed by atoms with Gasteiger partial charge in [0, 0.05) is 28.9 Å². The zero-order valence-corrected chi connectivity index (χ0v) is 25.5. The Bertz CT molecular complexity index is 2730. The number of anilines is 2. The summed E-state index contributed by atoms with van der Waals surface area (Å²) in [5, 5.41) is 5.57. The van der Waals surface area contributed by atoms with Gasteiger partial charge in [-0.15, -0.1) is 0 Å². The van der Waals surface area contributed by atoms with E-state index >= 15 is 0 Å². The minimum absolute atomic E-state index is 0.270. The lowest BCUT2D eigenvalue weighted by Gasteiger charge is -2.08. The molecular formula is C36H22ClN7O4. The Hall–Kier alpha value is -6.59. The maximum Gasteiger partial charge on any atom is 0.277 e. The van der Waals surface area contributed by atoms with Crippen LogP contribution in [0.2, 0.25) is 5.15 Å². The number of hydrogen-bond donors (Lipinski definition) is 3. The predicted octanol–water partition coefficient (Wildman–Crippen LogP) is 7.86. The van der Waals surface area contributed by atoms with Gasteiger partial charge >= 0.3 is 0 Å². The summed E-state index contributed by atoms with van der Waals surface area (Å²) < 4.78 is 11.5. The summed E-state index contributed by atoms with van der Waals surface area (Å²) in [4.78, 5) is 46.6. The molecule has 6 aromatic heterocycles. The number of H-pyrrole nitrogens is 2. The van der Waals surface area contributed by atoms with E-state index in [-0.39, 0.29) is 22.2 Å². The molecule has 9 rings (SSSR count). The molecule has 0 amide bonds. The number of halogens is 1. The molecule has 6 heterocycles. The van der Waals surface area contributed by atoms with E-state index in [1.54, 1.807) is 24.4 Å². The molecule has 12 heteroatoms. The van der Waals surface area contributed by atoms with Crippen molar-refractivity contribution < 1.29 is 8.83 Å². The van der Waals surface area contributed by atoms with Gasteiger partial charge < -0.3 is 24.1 Å². The van der Waals surface area contributed by atoms with E-state index in [0.717, 1.165) is 33.4 Å². The number of aromatic amines is 2. The molecule has 0 saturated carbocycles. The number of fused-ring (bicyclic) bond motifs is 4. The van der Waals surface area contributed by atoms with Crippen LogP contribution >= 0.6 is 11.6 Å². The number of pyridine rings is 4. The molecule has 0 fully saturated rings. The fourth-order valence-corrected chi connectivity index (χ4v) is 5.47. The van der Waals surface area contributed by atoms with Crippen LogP contribution in [0, 0.1) is 0 Å². The van der Waals surface area contributed by atoms with Crippen LogP contribution in [0.4, 0.5) is 11.5 Å². The molecule has 11 nitrogen and oxygen atoms in total. The highest BCUT2D eigenvalue weighted by Gasteiger charge is 2.16. The number of hydrogen-bond acceptors (Lipinski definition) is 9. The van der Waals surface area contributed by atoms with Gasteiger partial charge in [-0.2, -0.15) is 0 Å². The summed E-state index contributed by atoms with van der Waals surface area (Å²) in [5.74, 6) is 1.44. The van der Waals surface area contributed by atoms with Gasteiger partial charge in [-0.1, -0.05) is 54.1 Å². The quantitative estimate of drug-likeness (QED) is 0.161. The molecule has 0 aliphatic heterocycles. The van der Waals surface area contributed by atoms with Crippen molar-refractivity contribution in [1.29, 1.82) is 0 Å². The fourth-order valence-electron chi connectivity index (χ4n) is 5.32. The van der Waals surface area contributed by atoms with Crippen molar-refractivity contribution in [3.63, 3.8) is 0 Å². The van der Waals surface area contributed by atoms with Crippen molar-refractivity contribution in [2.24, 2.45) is 0 Å². The normalized spacial score (nSPS) is 11.2. The average Bonchev–Trinajstić information content (AvgIpc) is 3.75. The fraction of sp³-hybridized carbons (Fsp3) is 0. The van der Waals surface area contributed by atoms with Gasteiger partial charge in [0.15, 0.2) is 22.2 Å². The topological polar surface area (TPSA) is 156 Å². The second-order valence-electron chi connectivity index (χ2n) is 10.7. The smallest absolute Gasteiger partial charge is 0.277 e. The Balaban J connectivity index is 0.000000145.